The number of anilines is 1. The number of nitrogens with one attached hydrogen (secondary N) is 1. The zero-order chi connectivity index (χ0) is 35.4. The molecule has 6 rings (SSSR count). The number of nitrogens with zero attached hydrogens (tertiary/aromatic N) is 4. The van der Waals surface area contributed by atoms with E-state index in [0.29, 0.717) is 12.1 Å². The van der Waals surface area contributed by atoms with Crippen molar-refractivity contribution in [3.63, 3.8) is 0 Å². The van der Waals surface area contributed by atoms with Crippen LogP contribution in [0, 0.1) is 5.41 Å². The summed E-state index contributed by atoms with van der Waals surface area (Å²) in [5.41, 5.74) is 0.752. The molecular weight excluding hydrogens is 673 g/mol. The highest BCUT2D eigenvalue weighted by Crippen LogP contribution is 2.56. The summed E-state index contributed by atoms with van der Waals surface area (Å²) in [6.45, 7) is -0.816. The first-order chi connectivity index (χ1) is 24.0. The van der Waals surface area contributed by atoms with Crippen molar-refractivity contribution < 1.29 is 18.6 Å². The van der Waals surface area contributed by atoms with E-state index in [4.69, 9.17) is 20.5 Å². The maximum atomic E-state index is 13.7. The molecule has 1 aromatic heterocycles. The molecule has 1 aliphatic carbocycles. The van der Waals surface area contributed by atoms with Crippen LogP contribution in [0.5, 0.6) is 0 Å². The van der Waals surface area contributed by atoms with Gasteiger partial charge >= 0.3 is 12.6 Å². The van der Waals surface area contributed by atoms with Crippen LogP contribution in [-0.4, -0.2) is 64.9 Å². The minimum absolute atomic E-state index is 0.0918. The van der Waals surface area contributed by atoms with E-state index in [1.807, 2.05) is 42.5 Å². The molecule has 12 heteroatoms. The van der Waals surface area contributed by atoms with Crippen molar-refractivity contribution in [2.75, 3.05) is 39.1 Å². The van der Waals surface area contributed by atoms with Gasteiger partial charge in [0.15, 0.2) is 6.23 Å². The molecule has 1 aliphatic heterocycles. The Kier molecular flexibility index (Phi) is 10.7. The number of aromatic nitrogens is 2. The Balaban J connectivity index is 1.44. The molecule has 0 radical (unpaired) electrons. The van der Waals surface area contributed by atoms with E-state index in [1.165, 1.54) is 9.24 Å². The molecule has 1 amide bonds. The monoisotopic (exact) mass is 713 g/mol. The Bertz CT molecular complexity index is 1920. The second kappa shape index (κ2) is 15.0. The maximum absolute atomic E-state index is 13.7. The van der Waals surface area contributed by atoms with Gasteiger partial charge in [0, 0.05) is 30.3 Å². The second-order valence-corrected chi connectivity index (χ2v) is 16.1. The SMILES string of the molecule is CN(C)P(=O)(Cl)OC[C@@H]1CN(C(c2ccccc2)(c2ccccc2)C2(C)C=CC=CC2)C[C@H](n2ccc(NC(=O)c3ccccc3)nc2=O)O1. The number of benzene rings is 3. The summed E-state index contributed by atoms with van der Waals surface area (Å²) in [5, 5.41) is 2.71. The molecule has 0 saturated carbocycles. The lowest BCUT2D eigenvalue weighted by Gasteiger charge is -2.57. The van der Waals surface area contributed by atoms with E-state index < -0.39 is 35.8 Å². The van der Waals surface area contributed by atoms with Gasteiger partial charge in [-0.1, -0.05) is 110 Å². The summed E-state index contributed by atoms with van der Waals surface area (Å²) in [6.07, 6.45) is 9.41. The van der Waals surface area contributed by atoms with Crippen molar-refractivity contribution in [3.8, 4) is 0 Å². The van der Waals surface area contributed by atoms with Crippen molar-refractivity contribution in [1.82, 2.24) is 19.1 Å². The summed E-state index contributed by atoms with van der Waals surface area (Å²) >= 11 is 6.31. The summed E-state index contributed by atoms with van der Waals surface area (Å²) in [7, 11) is 3.18. The molecule has 50 heavy (non-hydrogen) atoms. The van der Waals surface area contributed by atoms with Crippen LogP contribution < -0.4 is 11.0 Å². The molecule has 2 unspecified atom stereocenters. The van der Waals surface area contributed by atoms with Crippen molar-refractivity contribution >= 4 is 29.8 Å². The fraction of sp³-hybridized carbons (Fsp3) is 0.289. The summed E-state index contributed by atoms with van der Waals surface area (Å²) < 4.78 is 28.2. The summed E-state index contributed by atoms with van der Waals surface area (Å²) in [5.74, 6) is -0.256. The predicted molar refractivity (Wildman–Crippen MR) is 196 cm³/mol. The zero-order valence-corrected chi connectivity index (χ0v) is 29.9. The van der Waals surface area contributed by atoms with Gasteiger partial charge in [-0.05, 0) is 61.1 Å². The van der Waals surface area contributed by atoms with Crippen LogP contribution in [-0.2, 0) is 19.4 Å². The van der Waals surface area contributed by atoms with Crippen LogP contribution in [0.2, 0.25) is 0 Å². The zero-order valence-electron chi connectivity index (χ0n) is 28.3. The van der Waals surface area contributed by atoms with Gasteiger partial charge in [-0.15, -0.1) is 0 Å². The largest absolute Gasteiger partial charge is 0.362 e. The molecule has 1 fully saturated rings. The van der Waals surface area contributed by atoms with Crippen LogP contribution in [0.15, 0.2) is 132 Å². The van der Waals surface area contributed by atoms with Gasteiger partial charge in [0.1, 0.15) is 5.82 Å². The molecular formula is C38H41ClN5O5P. The number of carbonyl (C=O) groups excluding carboxylic acids is 1. The van der Waals surface area contributed by atoms with Gasteiger partial charge in [0.2, 0.25) is 0 Å². The van der Waals surface area contributed by atoms with Crippen molar-refractivity contribution in [2.45, 2.75) is 31.2 Å². The number of hydrogen-bond acceptors (Lipinski definition) is 7. The molecule has 10 nitrogen and oxygen atoms in total. The molecule has 2 heterocycles. The van der Waals surface area contributed by atoms with Crippen LogP contribution in [0.1, 0.15) is 41.1 Å². The van der Waals surface area contributed by atoms with Crippen LogP contribution >= 0.6 is 18.1 Å². The molecule has 2 aliphatic rings. The highest BCUT2D eigenvalue weighted by molar-refractivity contribution is 7.83. The molecule has 260 valence electrons. The summed E-state index contributed by atoms with van der Waals surface area (Å²) in [6, 6.07) is 31.0. The van der Waals surface area contributed by atoms with E-state index in [1.54, 1.807) is 50.6 Å². The van der Waals surface area contributed by atoms with Gasteiger partial charge < -0.3 is 14.6 Å². The molecule has 3 aromatic carbocycles. The van der Waals surface area contributed by atoms with Gasteiger partial charge in [-0.2, -0.15) is 4.98 Å². The Morgan fingerprint density at radius 2 is 1.62 bits per heavy atom. The van der Waals surface area contributed by atoms with Crippen molar-refractivity contribution in [2.24, 2.45) is 5.41 Å². The van der Waals surface area contributed by atoms with E-state index in [-0.39, 0.29) is 24.9 Å². The molecule has 0 bridgehead atoms. The average Bonchev–Trinajstić information content (AvgIpc) is 3.12. The lowest BCUT2D eigenvalue weighted by Crippen LogP contribution is -2.63. The first-order valence-electron chi connectivity index (χ1n) is 16.5. The molecule has 4 aromatic rings. The van der Waals surface area contributed by atoms with E-state index >= 15 is 0 Å². The maximum Gasteiger partial charge on any atom is 0.362 e. The number of rotatable bonds is 11. The highest BCUT2D eigenvalue weighted by atomic mass is 35.7. The average molecular weight is 714 g/mol. The Hall–Kier alpha value is -4.15. The van der Waals surface area contributed by atoms with Gasteiger partial charge in [-0.3, -0.25) is 18.8 Å². The quantitative estimate of drug-likeness (QED) is 0.164. The number of morpholine rings is 1. The van der Waals surface area contributed by atoms with Gasteiger partial charge in [-0.25, -0.2) is 9.46 Å². The molecule has 1 N–H and O–H groups in total. The lowest BCUT2D eigenvalue weighted by atomic mass is 9.59. The lowest BCUT2D eigenvalue weighted by molar-refractivity contribution is -0.165. The Morgan fingerprint density at radius 3 is 2.18 bits per heavy atom. The van der Waals surface area contributed by atoms with Crippen molar-refractivity contribution in [3.05, 3.63) is 155 Å². The fourth-order valence-corrected chi connectivity index (χ4v) is 7.76. The Labute approximate surface area is 297 Å². The second-order valence-electron chi connectivity index (χ2n) is 12.9. The first kappa shape index (κ1) is 35.7. The molecule has 0 spiro atoms. The van der Waals surface area contributed by atoms with Crippen LogP contribution in [0.3, 0.4) is 0 Å². The number of carbonyl (C=O) groups is 1. The normalized spacial score (nSPS) is 22.3. The molecule has 1 saturated heterocycles. The third-order valence-electron chi connectivity index (χ3n) is 9.40. The van der Waals surface area contributed by atoms with E-state index in [0.717, 1.165) is 17.5 Å². The predicted octanol–water partition coefficient (Wildman–Crippen LogP) is 7.09. The third kappa shape index (κ3) is 7.19. The third-order valence-corrected chi connectivity index (χ3v) is 12.0. The fourth-order valence-electron chi connectivity index (χ4n) is 7.01. The van der Waals surface area contributed by atoms with Crippen molar-refractivity contribution in [1.29, 1.82) is 0 Å². The standard InChI is InChI=1S/C38H41ClN5O5P/c1-37(23-14-7-15-24-37)38(30-18-10-5-11-19-30,31-20-12-6-13-21-31)43-26-32(28-48-50(39,47)42(2)3)49-34(27-43)44-25-22-33(41-36(44)46)40-35(45)29-16-8-4-9-17-29/h4-23,25,32,34H,24,26-28H2,1-3H3,(H,40,41,45,46)/t32-,34+,37?,50?/m0/s1. The van der Waals surface area contributed by atoms with Gasteiger partial charge in [0.05, 0.1) is 18.2 Å². The number of halogens is 1. The number of allylic oxidation sites excluding steroid dienone is 3. The molecule has 4 atom stereocenters. The highest BCUT2D eigenvalue weighted by Gasteiger charge is 2.55. The Morgan fingerprint density at radius 1 is 1.00 bits per heavy atom. The van der Waals surface area contributed by atoms with Crippen LogP contribution in [0.25, 0.3) is 0 Å². The number of amides is 1. The minimum atomic E-state index is -3.63. The number of ether oxygens (including phenoxy) is 1. The van der Waals surface area contributed by atoms with Crippen LogP contribution in [0.4, 0.5) is 5.82 Å². The topological polar surface area (TPSA) is 106 Å². The van der Waals surface area contributed by atoms with E-state index in [9.17, 15) is 14.2 Å². The smallest absolute Gasteiger partial charge is 0.350 e. The summed E-state index contributed by atoms with van der Waals surface area (Å²) in [4.78, 5) is 33.1. The minimum Gasteiger partial charge on any atom is -0.350 e. The van der Waals surface area contributed by atoms with E-state index in [2.05, 4.69) is 70.7 Å². The first-order valence-corrected chi connectivity index (χ1v) is 19.0. The number of hydrogen-bond donors (Lipinski definition) is 1. The van der Waals surface area contributed by atoms with Gasteiger partial charge in [0.25, 0.3) is 5.91 Å².